The van der Waals surface area contributed by atoms with E-state index >= 15 is 0 Å². The van der Waals surface area contributed by atoms with Gasteiger partial charge in [-0.2, -0.15) is 0 Å². The Kier molecular flexibility index (Phi) is 3.11. The van der Waals surface area contributed by atoms with Gasteiger partial charge in [-0.1, -0.05) is 41.2 Å². The van der Waals surface area contributed by atoms with Gasteiger partial charge < -0.3 is 4.74 Å². The van der Waals surface area contributed by atoms with Crippen LogP contribution in [0.2, 0.25) is 0 Å². The van der Waals surface area contributed by atoms with Crippen molar-refractivity contribution in [2.75, 3.05) is 0 Å². The van der Waals surface area contributed by atoms with Gasteiger partial charge >= 0.3 is 5.97 Å². The fourth-order valence-electron chi connectivity index (χ4n) is 3.75. The van der Waals surface area contributed by atoms with Gasteiger partial charge in [0.15, 0.2) is 0 Å². The third-order valence-corrected chi connectivity index (χ3v) is 5.92. The van der Waals surface area contributed by atoms with Gasteiger partial charge in [0.05, 0.1) is 0 Å². The summed E-state index contributed by atoms with van der Waals surface area (Å²) < 4.78 is 5.77. The lowest BCUT2D eigenvalue weighted by Gasteiger charge is -2.38. The monoisotopic (exact) mass is 250 g/mol. The van der Waals surface area contributed by atoms with Gasteiger partial charge in [0.1, 0.15) is 6.10 Å². The smallest absolute Gasteiger partial charge is 0.333 e. The van der Waals surface area contributed by atoms with Crippen molar-refractivity contribution in [2.24, 2.45) is 22.7 Å². The molecule has 2 heteroatoms. The molecular weight excluding hydrogens is 224 g/mol. The van der Waals surface area contributed by atoms with Gasteiger partial charge in [-0.25, -0.2) is 4.79 Å². The summed E-state index contributed by atoms with van der Waals surface area (Å²) in [6.45, 7) is 14.8. The Hall–Kier alpha value is -0.790. The molecule has 2 saturated carbocycles. The molecule has 0 aromatic heterocycles. The summed E-state index contributed by atoms with van der Waals surface area (Å²) in [4.78, 5) is 12.0. The predicted octanol–water partition coefficient (Wildman–Crippen LogP) is 3.96. The van der Waals surface area contributed by atoms with Crippen LogP contribution in [0.25, 0.3) is 0 Å². The molecule has 0 spiro atoms. The second-order valence-corrected chi connectivity index (χ2v) is 7.18. The van der Waals surface area contributed by atoms with Crippen LogP contribution in [0.4, 0.5) is 0 Å². The molecule has 3 unspecified atom stereocenters. The molecule has 0 aromatic carbocycles. The number of rotatable bonds is 3. The maximum absolute atomic E-state index is 12.0. The van der Waals surface area contributed by atoms with Crippen molar-refractivity contribution >= 4 is 5.97 Å². The fraction of sp³-hybridized carbons (Fsp3) is 0.812. The van der Waals surface area contributed by atoms with Crippen molar-refractivity contribution in [2.45, 2.75) is 60.0 Å². The second kappa shape index (κ2) is 4.11. The number of esters is 1. The Morgan fingerprint density at radius 1 is 1.33 bits per heavy atom. The predicted molar refractivity (Wildman–Crippen MR) is 73.1 cm³/mol. The number of carbonyl (C=O) groups excluding carboxylic acids is 1. The maximum Gasteiger partial charge on any atom is 0.333 e. The Morgan fingerprint density at radius 2 is 1.94 bits per heavy atom. The number of ether oxygens (including phenoxy) is 1. The van der Waals surface area contributed by atoms with Crippen molar-refractivity contribution in [3.8, 4) is 0 Å². The third kappa shape index (κ3) is 1.72. The minimum Gasteiger partial charge on any atom is -0.458 e. The fourth-order valence-corrected chi connectivity index (χ4v) is 3.75. The molecule has 2 nitrogen and oxygen atoms in total. The minimum absolute atomic E-state index is 0.0780. The summed E-state index contributed by atoms with van der Waals surface area (Å²) >= 11 is 0. The van der Waals surface area contributed by atoms with Crippen molar-refractivity contribution in [3.63, 3.8) is 0 Å². The molecule has 18 heavy (non-hydrogen) atoms. The third-order valence-electron chi connectivity index (χ3n) is 5.92. The number of carbonyl (C=O) groups is 1. The summed E-state index contributed by atoms with van der Waals surface area (Å²) in [6.07, 6.45) is 3.56. The lowest BCUT2D eigenvalue weighted by atomic mass is 9.70. The summed E-state index contributed by atoms with van der Waals surface area (Å²) in [5.74, 6) is 0.670. The van der Waals surface area contributed by atoms with Crippen molar-refractivity contribution in [1.82, 2.24) is 0 Å². The Labute approximate surface area is 111 Å². The van der Waals surface area contributed by atoms with E-state index in [1.807, 2.05) is 13.8 Å². The van der Waals surface area contributed by atoms with Crippen LogP contribution in [-0.2, 0) is 9.53 Å². The Morgan fingerprint density at radius 3 is 2.33 bits per heavy atom. The Bertz CT molecular complexity index is 381. The van der Waals surface area contributed by atoms with E-state index in [4.69, 9.17) is 4.74 Å². The summed E-state index contributed by atoms with van der Waals surface area (Å²) in [6, 6.07) is 0. The molecule has 0 saturated heterocycles. The van der Waals surface area contributed by atoms with E-state index in [9.17, 15) is 4.79 Å². The average Bonchev–Trinajstić information content (AvgIpc) is 2.60. The zero-order chi connectivity index (χ0) is 13.7. The van der Waals surface area contributed by atoms with Crippen LogP contribution in [0.15, 0.2) is 12.2 Å². The van der Waals surface area contributed by atoms with Gasteiger partial charge in [-0.05, 0) is 36.5 Å². The summed E-state index contributed by atoms with van der Waals surface area (Å²) in [5.41, 5.74) is 1.03. The molecule has 0 radical (unpaired) electrons. The molecule has 2 bridgehead atoms. The summed E-state index contributed by atoms with van der Waals surface area (Å²) in [7, 11) is 0. The van der Waals surface area contributed by atoms with E-state index in [2.05, 4.69) is 27.4 Å². The quantitative estimate of drug-likeness (QED) is 0.560. The van der Waals surface area contributed by atoms with E-state index in [-0.39, 0.29) is 28.8 Å². The highest BCUT2D eigenvalue weighted by molar-refractivity contribution is 5.88. The first-order valence-electron chi connectivity index (χ1n) is 7.10. The molecule has 0 heterocycles. The van der Waals surface area contributed by atoms with Gasteiger partial charge in [0.2, 0.25) is 0 Å². The van der Waals surface area contributed by atoms with Crippen LogP contribution in [0.5, 0.6) is 0 Å². The van der Waals surface area contributed by atoms with E-state index in [0.717, 1.165) is 6.42 Å². The lowest BCUT2D eigenvalue weighted by Crippen LogP contribution is -2.38. The first kappa shape index (κ1) is 13.6. The molecule has 102 valence electrons. The zero-order valence-corrected chi connectivity index (χ0v) is 12.4. The molecule has 3 atom stereocenters. The highest BCUT2D eigenvalue weighted by Crippen LogP contribution is 2.66. The van der Waals surface area contributed by atoms with E-state index < -0.39 is 0 Å². The normalized spacial score (nSPS) is 37.0. The first-order valence-corrected chi connectivity index (χ1v) is 7.10. The van der Waals surface area contributed by atoms with Crippen LogP contribution in [0.3, 0.4) is 0 Å². The van der Waals surface area contributed by atoms with E-state index in [0.29, 0.717) is 11.5 Å². The molecule has 2 aliphatic carbocycles. The SMILES string of the molecule is C=C(C(=O)OC1CC2CCC1(C)C2(C)C)C(C)C. The van der Waals surface area contributed by atoms with Crippen LogP contribution >= 0.6 is 0 Å². The van der Waals surface area contributed by atoms with Crippen LogP contribution in [0.1, 0.15) is 53.9 Å². The van der Waals surface area contributed by atoms with Crippen LogP contribution < -0.4 is 0 Å². The molecule has 0 aliphatic heterocycles. The Balaban J connectivity index is 2.10. The van der Waals surface area contributed by atoms with Crippen LogP contribution in [-0.4, -0.2) is 12.1 Å². The van der Waals surface area contributed by atoms with Gasteiger partial charge in [-0.15, -0.1) is 0 Å². The lowest BCUT2D eigenvalue weighted by molar-refractivity contribution is -0.152. The van der Waals surface area contributed by atoms with E-state index in [1.165, 1.54) is 12.8 Å². The molecule has 0 amide bonds. The largest absolute Gasteiger partial charge is 0.458 e. The highest BCUT2D eigenvalue weighted by Gasteiger charge is 2.62. The van der Waals surface area contributed by atoms with Crippen molar-refractivity contribution in [3.05, 3.63) is 12.2 Å². The topological polar surface area (TPSA) is 26.3 Å². The molecular formula is C16H26O2. The standard InChI is InChI=1S/C16H26O2/c1-10(2)11(3)14(17)18-13-9-12-7-8-16(13,6)15(12,4)5/h10,12-13H,3,7-9H2,1-2,4-6H3. The van der Waals surface area contributed by atoms with Gasteiger partial charge in [-0.3, -0.25) is 0 Å². The number of hydrogen-bond donors (Lipinski definition) is 0. The van der Waals surface area contributed by atoms with Crippen LogP contribution in [0, 0.1) is 22.7 Å². The highest BCUT2D eigenvalue weighted by atomic mass is 16.5. The van der Waals surface area contributed by atoms with E-state index in [1.54, 1.807) is 0 Å². The maximum atomic E-state index is 12.0. The number of fused-ring (bicyclic) bond motifs is 2. The molecule has 0 aromatic rings. The van der Waals surface area contributed by atoms with Crippen molar-refractivity contribution in [1.29, 1.82) is 0 Å². The average molecular weight is 250 g/mol. The minimum atomic E-state index is -0.195. The van der Waals surface area contributed by atoms with Gasteiger partial charge in [0, 0.05) is 11.0 Å². The number of hydrogen-bond acceptors (Lipinski definition) is 2. The summed E-state index contributed by atoms with van der Waals surface area (Å²) in [5, 5.41) is 0. The molecule has 2 aliphatic rings. The molecule has 2 rings (SSSR count). The van der Waals surface area contributed by atoms with Gasteiger partial charge in [0.25, 0.3) is 0 Å². The molecule has 0 N–H and O–H groups in total. The zero-order valence-electron chi connectivity index (χ0n) is 12.4. The van der Waals surface area contributed by atoms with Crippen molar-refractivity contribution < 1.29 is 9.53 Å². The molecule has 2 fully saturated rings. The first-order chi connectivity index (χ1) is 8.20. The second-order valence-electron chi connectivity index (χ2n) is 7.18.